The summed E-state index contributed by atoms with van der Waals surface area (Å²) in [7, 11) is 0. The molecule has 2 aromatic rings. The zero-order chi connectivity index (χ0) is 12.1. The smallest absolute Gasteiger partial charge is 0.159 e. The van der Waals surface area contributed by atoms with Gasteiger partial charge in [-0.05, 0) is 19.9 Å². The maximum atomic E-state index is 4.22. The number of aromatic nitrogens is 5. The summed E-state index contributed by atoms with van der Waals surface area (Å²) in [5.74, 6) is 1.61. The summed E-state index contributed by atoms with van der Waals surface area (Å²) in [6, 6.07) is 1.89. The molecule has 0 saturated heterocycles. The van der Waals surface area contributed by atoms with Crippen LogP contribution in [0.1, 0.15) is 24.9 Å². The Morgan fingerprint density at radius 3 is 2.88 bits per heavy atom. The van der Waals surface area contributed by atoms with Crippen LogP contribution in [-0.4, -0.2) is 31.3 Å². The van der Waals surface area contributed by atoms with E-state index in [1.165, 1.54) is 6.33 Å². The molecule has 0 aliphatic carbocycles. The first-order valence-electron chi connectivity index (χ1n) is 5.70. The van der Waals surface area contributed by atoms with Gasteiger partial charge in [-0.15, -0.1) is 0 Å². The highest BCUT2D eigenvalue weighted by atomic mass is 15.4. The highest BCUT2D eigenvalue weighted by molar-refractivity contribution is 5.22. The molecule has 0 atom stereocenters. The average Bonchev–Trinajstić information content (AvgIpc) is 2.78. The fraction of sp³-hybridized carbons (Fsp3) is 0.455. The van der Waals surface area contributed by atoms with Crippen LogP contribution in [0, 0.1) is 6.92 Å². The van der Waals surface area contributed by atoms with Crippen LogP contribution in [-0.2, 0) is 6.54 Å². The molecule has 2 rings (SSSR count). The Morgan fingerprint density at radius 2 is 2.12 bits per heavy atom. The van der Waals surface area contributed by atoms with Gasteiger partial charge in [0.25, 0.3) is 0 Å². The van der Waals surface area contributed by atoms with Gasteiger partial charge in [-0.25, -0.2) is 15.0 Å². The average molecular weight is 232 g/mol. The molecule has 0 aliphatic heterocycles. The molecule has 2 aromatic heterocycles. The number of nitrogens with one attached hydrogen (secondary N) is 1. The maximum absolute atomic E-state index is 4.22. The van der Waals surface area contributed by atoms with Gasteiger partial charge in [-0.2, -0.15) is 9.78 Å². The highest BCUT2D eigenvalue weighted by Crippen LogP contribution is 2.05. The maximum Gasteiger partial charge on any atom is 0.159 e. The van der Waals surface area contributed by atoms with Crippen LogP contribution in [0.3, 0.4) is 0 Å². The Labute approximate surface area is 100 Å². The zero-order valence-electron chi connectivity index (χ0n) is 10.1. The quantitative estimate of drug-likeness (QED) is 0.774. The molecular formula is C11H16N6. The molecule has 0 bridgehead atoms. The molecule has 0 aliphatic rings. The molecular weight excluding hydrogens is 216 g/mol. The second-order valence-corrected chi connectivity index (χ2v) is 3.78. The van der Waals surface area contributed by atoms with Crippen LogP contribution in [0.4, 0.5) is 0 Å². The van der Waals surface area contributed by atoms with Crippen molar-refractivity contribution in [2.24, 2.45) is 0 Å². The summed E-state index contributed by atoms with van der Waals surface area (Å²) < 4.78 is 1.73. The second kappa shape index (κ2) is 5.49. The first-order valence-corrected chi connectivity index (χ1v) is 5.70. The molecule has 1 N–H and O–H groups in total. The molecule has 17 heavy (non-hydrogen) atoms. The molecule has 90 valence electrons. The normalized spacial score (nSPS) is 10.7. The van der Waals surface area contributed by atoms with Crippen LogP contribution in [0.15, 0.2) is 18.7 Å². The topological polar surface area (TPSA) is 68.5 Å². The third-order valence-electron chi connectivity index (χ3n) is 2.33. The van der Waals surface area contributed by atoms with E-state index in [-0.39, 0.29) is 0 Å². The fourth-order valence-corrected chi connectivity index (χ4v) is 1.51. The van der Waals surface area contributed by atoms with Crippen LogP contribution in [0.5, 0.6) is 0 Å². The van der Waals surface area contributed by atoms with E-state index in [0.29, 0.717) is 6.54 Å². The minimum absolute atomic E-state index is 0.691. The van der Waals surface area contributed by atoms with Crippen molar-refractivity contribution in [3.05, 3.63) is 30.2 Å². The van der Waals surface area contributed by atoms with E-state index >= 15 is 0 Å². The van der Waals surface area contributed by atoms with Gasteiger partial charge >= 0.3 is 0 Å². The Morgan fingerprint density at radius 1 is 1.24 bits per heavy atom. The lowest BCUT2D eigenvalue weighted by atomic mass is 10.4. The van der Waals surface area contributed by atoms with Gasteiger partial charge < -0.3 is 5.32 Å². The van der Waals surface area contributed by atoms with Crippen LogP contribution >= 0.6 is 0 Å². The standard InChI is InChI=1S/C11H16N6/c1-3-4-12-6-11-15-8-16-17(11)10-5-9(2)13-7-14-10/h5,7-8,12H,3-4,6H2,1-2H3. The molecule has 0 saturated carbocycles. The van der Waals surface area contributed by atoms with Crippen molar-refractivity contribution < 1.29 is 0 Å². The van der Waals surface area contributed by atoms with E-state index in [9.17, 15) is 0 Å². The van der Waals surface area contributed by atoms with Crippen molar-refractivity contribution in [1.29, 1.82) is 0 Å². The summed E-state index contributed by atoms with van der Waals surface area (Å²) in [6.07, 6.45) is 4.18. The number of hydrogen-bond donors (Lipinski definition) is 1. The van der Waals surface area contributed by atoms with Gasteiger partial charge in [0.1, 0.15) is 18.5 Å². The predicted octanol–water partition coefficient (Wildman–Crippen LogP) is 0.865. The minimum Gasteiger partial charge on any atom is -0.310 e. The van der Waals surface area contributed by atoms with Crippen molar-refractivity contribution in [2.75, 3.05) is 6.54 Å². The number of hydrogen-bond acceptors (Lipinski definition) is 5. The molecule has 2 heterocycles. The minimum atomic E-state index is 0.691. The highest BCUT2D eigenvalue weighted by Gasteiger charge is 2.07. The fourth-order valence-electron chi connectivity index (χ4n) is 1.51. The molecule has 0 radical (unpaired) electrons. The van der Waals surface area contributed by atoms with E-state index in [2.05, 4.69) is 32.3 Å². The molecule has 0 fully saturated rings. The largest absolute Gasteiger partial charge is 0.310 e. The van der Waals surface area contributed by atoms with E-state index in [1.54, 1.807) is 11.0 Å². The summed E-state index contributed by atoms with van der Waals surface area (Å²) in [6.45, 7) is 5.72. The van der Waals surface area contributed by atoms with Crippen molar-refractivity contribution in [3.63, 3.8) is 0 Å². The third-order valence-corrected chi connectivity index (χ3v) is 2.33. The first-order chi connectivity index (χ1) is 8.31. The summed E-state index contributed by atoms with van der Waals surface area (Å²) in [5, 5.41) is 7.48. The van der Waals surface area contributed by atoms with Gasteiger partial charge in [0.05, 0.1) is 6.54 Å². The number of nitrogens with zero attached hydrogens (tertiary/aromatic N) is 5. The molecule has 0 amide bonds. The van der Waals surface area contributed by atoms with Gasteiger partial charge in [-0.3, -0.25) is 0 Å². The van der Waals surface area contributed by atoms with Crippen molar-refractivity contribution in [2.45, 2.75) is 26.8 Å². The lowest BCUT2D eigenvalue weighted by Gasteiger charge is -2.06. The molecule has 6 heteroatoms. The van der Waals surface area contributed by atoms with Crippen molar-refractivity contribution >= 4 is 0 Å². The van der Waals surface area contributed by atoms with Gasteiger partial charge in [-0.1, -0.05) is 6.92 Å². The Bertz CT molecular complexity index is 478. The summed E-state index contributed by atoms with van der Waals surface area (Å²) in [4.78, 5) is 12.5. The van der Waals surface area contributed by atoms with Crippen LogP contribution in [0.25, 0.3) is 5.82 Å². The van der Waals surface area contributed by atoms with Gasteiger partial charge in [0, 0.05) is 11.8 Å². The lowest BCUT2D eigenvalue weighted by molar-refractivity contribution is 0.629. The number of aryl methyl sites for hydroxylation is 1. The number of rotatable bonds is 5. The van der Waals surface area contributed by atoms with E-state index in [4.69, 9.17) is 0 Å². The molecule has 0 spiro atoms. The molecule has 0 aromatic carbocycles. The van der Waals surface area contributed by atoms with Crippen molar-refractivity contribution in [3.8, 4) is 5.82 Å². The Hall–Kier alpha value is -1.82. The van der Waals surface area contributed by atoms with Crippen LogP contribution < -0.4 is 5.32 Å². The zero-order valence-corrected chi connectivity index (χ0v) is 10.1. The van der Waals surface area contributed by atoms with E-state index < -0.39 is 0 Å². The van der Waals surface area contributed by atoms with E-state index in [0.717, 1.165) is 30.3 Å². The Balaban J connectivity index is 2.18. The lowest BCUT2D eigenvalue weighted by Crippen LogP contribution is -2.18. The van der Waals surface area contributed by atoms with Gasteiger partial charge in [0.2, 0.25) is 0 Å². The molecule has 0 unspecified atom stereocenters. The van der Waals surface area contributed by atoms with E-state index in [1.807, 2.05) is 13.0 Å². The second-order valence-electron chi connectivity index (χ2n) is 3.78. The molecule has 6 nitrogen and oxygen atoms in total. The monoisotopic (exact) mass is 232 g/mol. The third kappa shape index (κ3) is 2.85. The first kappa shape index (κ1) is 11.7. The Kier molecular flexibility index (Phi) is 3.77. The van der Waals surface area contributed by atoms with Crippen LogP contribution in [0.2, 0.25) is 0 Å². The van der Waals surface area contributed by atoms with Crippen molar-refractivity contribution in [1.82, 2.24) is 30.0 Å². The summed E-state index contributed by atoms with van der Waals surface area (Å²) >= 11 is 0. The summed E-state index contributed by atoms with van der Waals surface area (Å²) in [5.41, 5.74) is 0.915. The van der Waals surface area contributed by atoms with Gasteiger partial charge in [0.15, 0.2) is 5.82 Å². The SMILES string of the molecule is CCCNCc1ncnn1-c1cc(C)ncn1. The predicted molar refractivity (Wildman–Crippen MR) is 63.7 cm³/mol.